The summed E-state index contributed by atoms with van der Waals surface area (Å²) in [7, 11) is 0. The molecule has 4 bridgehead atoms. The van der Waals surface area contributed by atoms with E-state index in [2.05, 4.69) is 18.3 Å². The molecule has 4 fully saturated rings. The number of rotatable bonds is 4. The molecule has 5 rings (SSSR count). The molecule has 0 aromatic rings. The number of allylic oxidation sites excluding steroid dienone is 1. The lowest BCUT2D eigenvalue weighted by Gasteiger charge is -2.56. The summed E-state index contributed by atoms with van der Waals surface area (Å²) < 4.78 is 0. The molecule has 1 N–H and O–H groups in total. The smallest absolute Gasteiger partial charge is 0.0313 e. The average molecular weight is 259 g/mol. The normalized spacial score (nSPS) is 45.5. The molecule has 5 aliphatic carbocycles. The van der Waals surface area contributed by atoms with Crippen molar-refractivity contribution in [1.82, 2.24) is 5.32 Å². The van der Waals surface area contributed by atoms with Crippen molar-refractivity contribution in [3.63, 3.8) is 0 Å². The molecule has 0 aromatic carbocycles. The van der Waals surface area contributed by atoms with Crippen LogP contribution in [0, 0.1) is 29.6 Å². The van der Waals surface area contributed by atoms with Gasteiger partial charge in [-0.05, 0) is 87.5 Å². The molecule has 0 saturated heterocycles. The van der Waals surface area contributed by atoms with Gasteiger partial charge in [0, 0.05) is 6.04 Å². The summed E-state index contributed by atoms with van der Waals surface area (Å²) in [6.45, 7) is 3.43. The maximum Gasteiger partial charge on any atom is 0.0313 e. The summed E-state index contributed by atoms with van der Waals surface area (Å²) in [4.78, 5) is 0. The predicted octanol–water partition coefficient (Wildman–Crippen LogP) is 4.15. The van der Waals surface area contributed by atoms with Gasteiger partial charge in [-0.3, -0.25) is 0 Å². The molecule has 106 valence electrons. The van der Waals surface area contributed by atoms with E-state index in [0.717, 1.165) is 42.2 Å². The maximum atomic E-state index is 3.88. The first-order chi connectivity index (χ1) is 9.35. The molecule has 0 radical (unpaired) electrons. The van der Waals surface area contributed by atoms with Gasteiger partial charge in [0.2, 0.25) is 0 Å². The van der Waals surface area contributed by atoms with Gasteiger partial charge in [-0.25, -0.2) is 0 Å². The van der Waals surface area contributed by atoms with E-state index in [4.69, 9.17) is 0 Å². The molecule has 1 atom stereocenters. The molecule has 5 aliphatic rings. The van der Waals surface area contributed by atoms with Crippen molar-refractivity contribution in [2.75, 3.05) is 6.54 Å². The van der Waals surface area contributed by atoms with Gasteiger partial charge in [-0.15, -0.1) is 0 Å². The van der Waals surface area contributed by atoms with Gasteiger partial charge in [0.05, 0.1) is 0 Å². The van der Waals surface area contributed by atoms with Gasteiger partial charge in [0.15, 0.2) is 0 Å². The Kier molecular flexibility index (Phi) is 3.22. The zero-order valence-corrected chi connectivity index (χ0v) is 12.4. The number of hydrogen-bond acceptors (Lipinski definition) is 1. The molecule has 0 spiro atoms. The lowest BCUT2D eigenvalue weighted by atomic mass is 9.50. The van der Waals surface area contributed by atoms with E-state index in [9.17, 15) is 0 Å². The Bertz CT molecular complexity index is 342. The number of nitrogens with one attached hydrogen (secondary N) is 1. The Morgan fingerprint density at radius 1 is 1.11 bits per heavy atom. The summed E-state index contributed by atoms with van der Waals surface area (Å²) in [6.07, 6.45) is 14.5. The van der Waals surface area contributed by atoms with Crippen LogP contribution in [0.25, 0.3) is 0 Å². The van der Waals surface area contributed by atoms with Crippen molar-refractivity contribution in [2.24, 2.45) is 29.6 Å². The monoisotopic (exact) mass is 259 g/mol. The van der Waals surface area contributed by atoms with Crippen LogP contribution >= 0.6 is 0 Å². The summed E-state index contributed by atoms with van der Waals surface area (Å²) in [6, 6.07) is 0.738. The van der Waals surface area contributed by atoms with Gasteiger partial charge in [0.25, 0.3) is 0 Å². The van der Waals surface area contributed by atoms with Crippen molar-refractivity contribution < 1.29 is 0 Å². The molecular weight excluding hydrogens is 230 g/mol. The highest BCUT2D eigenvalue weighted by Crippen LogP contribution is 2.58. The third-order valence-corrected chi connectivity index (χ3v) is 6.58. The summed E-state index contributed by atoms with van der Waals surface area (Å²) in [5.74, 6) is 5.32. The molecule has 0 aliphatic heterocycles. The molecule has 0 amide bonds. The van der Waals surface area contributed by atoms with Gasteiger partial charge in [-0.1, -0.05) is 18.6 Å². The van der Waals surface area contributed by atoms with E-state index in [-0.39, 0.29) is 0 Å². The second-order valence-corrected chi connectivity index (χ2v) is 7.71. The van der Waals surface area contributed by atoms with Gasteiger partial charge >= 0.3 is 0 Å². The Labute approximate surface area is 118 Å². The SMILES string of the molecule is CCNC(C1=CCCC1)C1C2CC3CC(C2)CC1C3. The van der Waals surface area contributed by atoms with Crippen molar-refractivity contribution in [3.8, 4) is 0 Å². The average Bonchev–Trinajstić information content (AvgIpc) is 2.89. The first-order valence-electron chi connectivity index (χ1n) is 8.77. The Balaban J connectivity index is 1.58. The van der Waals surface area contributed by atoms with E-state index in [0.29, 0.717) is 0 Å². The topological polar surface area (TPSA) is 12.0 Å². The minimum absolute atomic E-state index is 0.738. The summed E-state index contributed by atoms with van der Waals surface area (Å²) in [5.41, 5.74) is 1.78. The fraction of sp³-hybridized carbons (Fsp3) is 0.889. The van der Waals surface area contributed by atoms with Crippen molar-refractivity contribution in [2.45, 2.75) is 64.3 Å². The summed E-state index contributed by atoms with van der Waals surface area (Å²) >= 11 is 0. The third-order valence-electron chi connectivity index (χ3n) is 6.58. The Morgan fingerprint density at radius 3 is 2.32 bits per heavy atom. The standard InChI is InChI=1S/C18H29N/c1-2-19-18(14-5-3-4-6-14)17-15-8-12-7-13(10-15)11-16(17)9-12/h5,12-13,15-19H,2-4,6-11H2,1H3. The van der Waals surface area contributed by atoms with Crippen LogP contribution in [0.1, 0.15) is 58.3 Å². The van der Waals surface area contributed by atoms with Gasteiger partial charge in [0.1, 0.15) is 0 Å². The molecule has 1 unspecified atom stereocenters. The zero-order chi connectivity index (χ0) is 12.8. The van der Waals surface area contributed by atoms with E-state index in [1.54, 1.807) is 37.7 Å². The Hall–Kier alpha value is -0.300. The maximum absolute atomic E-state index is 3.88. The largest absolute Gasteiger partial charge is 0.310 e. The number of hydrogen-bond donors (Lipinski definition) is 1. The second kappa shape index (κ2) is 4.91. The molecule has 0 aromatic heterocycles. The van der Waals surface area contributed by atoms with E-state index in [1.807, 2.05) is 0 Å². The van der Waals surface area contributed by atoms with Crippen LogP contribution < -0.4 is 5.32 Å². The highest BCUT2D eigenvalue weighted by Gasteiger charge is 2.50. The van der Waals surface area contributed by atoms with Gasteiger partial charge in [-0.2, -0.15) is 0 Å². The fourth-order valence-electron chi connectivity index (χ4n) is 6.22. The van der Waals surface area contributed by atoms with Crippen LogP contribution in [0.5, 0.6) is 0 Å². The van der Waals surface area contributed by atoms with Crippen LogP contribution in [-0.4, -0.2) is 12.6 Å². The van der Waals surface area contributed by atoms with Crippen molar-refractivity contribution >= 4 is 0 Å². The highest BCUT2D eigenvalue weighted by atomic mass is 14.9. The third kappa shape index (κ3) is 2.09. The minimum atomic E-state index is 0.738. The predicted molar refractivity (Wildman–Crippen MR) is 79.9 cm³/mol. The number of likely N-dealkylation sites (N-methyl/N-ethyl adjacent to an activating group) is 1. The minimum Gasteiger partial charge on any atom is -0.310 e. The fourth-order valence-corrected chi connectivity index (χ4v) is 6.22. The van der Waals surface area contributed by atoms with Gasteiger partial charge < -0.3 is 5.32 Å². The molecule has 1 heteroatoms. The van der Waals surface area contributed by atoms with Crippen LogP contribution in [0.4, 0.5) is 0 Å². The quantitative estimate of drug-likeness (QED) is 0.748. The van der Waals surface area contributed by atoms with Crippen LogP contribution in [0.2, 0.25) is 0 Å². The molecule has 19 heavy (non-hydrogen) atoms. The second-order valence-electron chi connectivity index (χ2n) is 7.71. The lowest BCUT2D eigenvalue weighted by molar-refractivity contribution is -0.0468. The van der Waals surface area contributed by atoms with Crippen LogP contribution in [0.3, 0.4) is 0 Å². The van der Waals surface area contributed by atoms with E-state index < -0.39 is 0 Å². The van der Waals surface area contributed by atoms with Crippen molar-refractivity contribution in [3.05, 3.63) is 11.6 Å². The molecule has 0 heterocycles. The summed E-state index contributed by atoms with van der Waals surface area (Å²) in [5, 5.41) is 3.88. The van der Waals surface area contributed by atoms with Crippen LogP contribution in [-0.2, 0) is 0 Å². The molecule has 1 nitrogen and oxygen atoms in total. The molecular formula is C18H29N. The van der Waals surface area contributed by atoms with Crippen molar-refractivity contribution in [1.29, 1.82) is 0 Å². The molecule has 4 saturated carbocycles. The lowest BCUT2D eigenvalue weighted by Crippen LogP contribution is -2.53. The van der Waals surface area contributed by atoms with E-state index >= 15 is 0 Å². The first kappa shape index (κ1) is 12.4. The van der Waals surface area contributed by atoms with E-state index in [1.165, 1.54) is 19.3 Å². The highest BCUT2D eigenvalue weighted by molar-refractivity contribution is 5.19. The zero-order valence-electron chi connectivity index (χ0n) is 12.4. The first-order valence-corrected chi connectivity index (χ1v) is 8.77. The Morgan fingerprint density at radius 2 is 1.79 bits per heavy atom. The van der Waals surface area contributed by atoms with Crippen LogP contribution in [0.15, 0.2) is 11.6 Å².